The van der Waals surface area contributed by atoms with Crippen molar-refractivity contribution in [1.29, 1.82) is 0 Å². The first-order valence-corrected chi connectivity index (χ1v) is 9.59. The minimum Gasteiger partial charge on any atom is -0.486 e. The van der Waals surface area contributed by atoms with Gasteiger partial charge in [0.1, 0.15) is 13.2 Å². The third kappa shape index (κ3) is 3.75. The van der Waals surface area contributed by atoms with Gasteiger partial charge in [-0.2, -0.15) is 0 Å². The average molecular weight is 377 g/mol. The maximum Gasteiger partial charge on any atom is 0.338 e. The molecule has 0 unspecified atom stereocenters. The normalized spacial score (nSPS) is 13.2. The minimum absolute atomic E-state index is 0.0442. The van der Waals surface area contributed by atoms with E-state index >= 15 is 0 Å². The number of hydrogen-bond acceptors (Lipinski definition) is 6. The molecule has 1 aliphatic heterocycles. The number of ether oxygens (including phenoxy) is 3. The summed E-state index contributed by atoms with van der Waals surface area (Å²) in [6, 6.07) is 9.14. The predicted molar refractivity (Wildman–Crippen MR) is 95.4 cm³/mol. The topological polar surface area (TPSA) is 90.9 Å². The molecule has 2 aromatic carbocycles. The molecule has 1 N–H and O–H groups in total. The van der Waals surface area contributed by atoms with Crippen molar-refractivity contribution >= 4 is 21.7 Å². The van der Waals surface area contributed by atoms with E-state index in [4.69, 9.17) is 14.2 Å². The van der Waals surface area contributed by atoms with E-state index in [-0.39, 0.29) is 17.1 Å². The van der Waals surface area contributed by atoms with Crippen LogP contribution >= 0.6 is 0 Å². The van der Waals surface area contributed by atoms with E-state index in [0.29, 0.717) is 36.0 Å². The molecule has 1 aliphatic rings. The van der Waals surface area contributed by atoms with Crippen LogP contribution in [-0.4, -0.2) is 34.2 Å². The van der Waals surface area contributed by atoms with Crippen LogP contribution in [0.5, 0.6) is 11.5 Å². The highest BCUT2D eigenvalue weighted by Gasteiger charge is 2.21. The van der Waals surface area contributed by atoms with Crippen molar-refractivity contribution in [2.45, 2.75) is 18.7 Å². The summed E-state index contributed by atoms with van der Waals surface area (Å²) in [6.07, 6.45) is 0. The molecule has 0 atom stereocenters. The van der Waals surface area contributed by atoms with E-state index < -0.39 is 16.0 Å². The summed E-state index contributed by atoms with van der Waals surface area (Å²) < 4.78 is 43.7. The van der Waals surface area contributed by atoms with Crippen LogP contribution in [-0.2, 0) is 14.8 Å². The third-order valence-corrected chi connectivity index (χ3v) is 5.18. The summed E-state index contributed by atoms with van der Waals surface area (Å²) in [4.78, 5) is 11.9. The fourth-order valence-corrected chi connectivity index (χ4v) is 3.60. The lowest BCUT2D eigenvalue weighted by atomic mass is 10.1. The zero-order valence-corrected chi connectivity index (χ0v) is 15.3. The van der Waals surface area contributed by atoms with E-state index in [2.05, 4.69) is 4.72 Å². The Balaban J connectivity index is 1.90. The summed E-state index contributed by atoms with van der Waals surface area (Å²) in [5.74, 6) is 0.388. The van der Waals surface area contributed by atoms with Crippen LogP contribution in [0.3, 0.4) is 0 Å². The summed E-state index contributed by atoms with van der Waals surface area (Å²) in [5, 5.41) is 0. The number of aryl methyl sites for hydroxylation is 1. The van der Waals surface area contributed by atoms with Crippen LogP contribution in [0.2, 0.25) is 0 Å². The number of carbonyl (C=O) groups excluding carboxylic acids is 1. The first-order valence-electron chi connectivity index (χ1n) is 8.11. The van der Waals surface area contributed by atoms with Gasteiger partial charge in [0.15, 0.2) is 11.5 Å². The van der Waals surface area contributed by atoms with Gasteiger partial charge in [-0.15, -0.1) is 0 Å². The molecule has 0 saturated carbocycles. The highest BCUT2D eigenvalue weighted by atomic mass is 32.2. The third-order valence-electron chi connectivity index (χ3n) is 3.82. The van der Waals surface area contributed by atoms with Crippen molar-refractivity contribution in [3.8, 4) is 11.5 Å². The molecule has 0 radical (unpaired) electrons. The number of nitrogens with one attached hydrogen (secondary N) is 1. The van der Waals surface area contributed by atoms with Crippen molar-refractivity contribution in [2.24, 2.45) is 0 Å². The molecule has 8 heteroatoms. The quantitative estimate of drug-likeness (QED) is 0.806. The maximum absolute atomic E-state index is 12.7. The van der Waals surface area contributed by atoms with Crippen LogP contribution in [0.25, 0.3) is 0 Å². The lowest BCUT2D eigenvalue weighted by Gasteiger charge is -2.19. The van der Waals surface area contributed by atoms with Gasteiger partial charge in [0, 0.05) is 6.07 Å². The average Bonchev–Trinajstić information content (AvgIpc) is 2.63. The largest absolute Gasteiger partial charge is 0.486 e. The number of esters is 1. The molecule has 0 spiro atoms. The van der Waals surface area contributed by atoms with Crippen molar-refractivity contribution < 1.29 is 27.4 Å². The van der Waals surface area contributed by atoms with Gasteiger partial charge in [-0.1, -0.05) is 6.07 Å². The van der Waals surface area contributed by atoms with E-state index in [9.17, 15) is 13.2 Å². The van der Waals surface area contributed by atoms with Gasteiger partial charge in [-0.3, -0.25) is 4.72 Å². The second-order valence-corrected chi connectivity index (χ2v) is 7.34. The van der Waals surface area contributed by atoms with Gasteiger partial charge in [0.05, 0.1) is 22.8 Å². The van der Waals surface area contributed by atoms with Crippen LogP contribution < -0.4 is 14.2 Å². The summed E-state index contributed by atoms with van der Waals surface area (Å²) >= 11 is 0. The van der Waals surface area contributed by atoms with Crippen LogP contribution in [0, 0.1) is 6.92 Å². The Morgan fingerprint density at radius 3 is 2.58 bits per heavy atom. The number of benzene rings is 2. The van der Waals surface area contributed by atoms with E-state index in [0.717, 1.165) is 0 Å². The first-order chi connectivity index (χ1) is 12.4. The molecule has 26 heavy (non-hydrogen) atoms. The molecule has 2 aromatic rings. The molecule has 138 valence electrons. The van der Waals surface area contributed by atoms with Crippen molar-refractivity contribution in [3.05, 3.63) is 47.5 Å². The highest BCUT2D eigenvalue weighted by molar-refractivity contribution is 7.92. The molecular weight excluding hydrogens is 358 g/mol. The van der Waals surface area contributed by atoms with Gasteiger partial charge in [-0.25, -0.2) is 13.2 Å². The fourth-order valence-electron chi connectivity index (χ4n) is 2.47. The molecule has 0 aromatic heterocycles. The van der Waals surface area contributed by atoms with Gasteiger partial charge in [-0.05, 0) is 43.7 Å². The molecule has 0 fully saturated rings. The van der Waals surface area contributed by atoms with E-state index in [1.54, 1.807) is 32.0 Å². The number of sulfonamides is 1. The number of anilines is 1. The number of carbonyl (C=O) groups is 1. The standard InChI is InChI=1S/C18H19NO6S/c1-3-23-18(20)13-5-4-12(2)15(10-13)19-26(21,22)14-6-7-16-17(11-14)25-9-8-24-16/h4-7,10-11,19H,3,8-9H2,1-2H3. The van der Waals surface area contributed by atoms with Crippen LogP contribution in [0.1, 0.15) is 22.8 Å². The van der Waals surface area contributed by atoms with Crippen molar-refractivity contribution in [1.82, 2.24) is 0 Å². The molecular formula is C18H19NO6S. The Kier molecular flexibility index (Phi) is 5.03. The monoisotopic (exact) mass is 377 g/mol. The smallest absolute Gasteiger partial charge is 0.338 e. The fraction of sp³-hybridized carbons (Fsp3) is 0.278. The van der Waals surface area contributed by atoms with E-state index in [1.807, 2.05) is 0 Å². The van der Waals surface area contributed by atoms with Crippen LogP contribution in [0.15, 0.2) is 41.3 Å². The Morgan fingerprint density at radius 1 is 1.12 bits per heavy atom. The minimum atomic E-state index is -3.86. The number of fused-ring (bicyclic) bond motifs is 1. The Morgan fingerprint density at radius 2 is 1.85 bits per heavy atom. The second kappa shape index (κ2) is 7.25. The number of rotatable bonds is 5. The Labute approximate surface area is 151 Å². The van der Waals surface area contributed by atoms with Gasteiger partial charge >= 0.3 is 5.97 Å². The lowest BCUT2D eigenvalue weighted by Crippen LogP contribution is -2.18. The maximum atomic E-state index is 12.7. The summed E-state index contributed by atoms with van der Waals surface area (Å²) in [6.45, 7) is 4.49. The van der Waals surface area contributed by atoms with Crippen LogP contribution in [0.4, 0.5) is 5.69 Å². The second-order valence-electron chi connectivity index (χ2n) is 5.66. The molecule has 7 nitrogen and oxygen atoms in total. The summed E-state index contributed by atoms with van der Waals surface area (Å²) in [5.41, 5.74) is 1.27. The van der Waals surface area contributed by atoms with Gasteiger partial charge in [0.25, 0.3) is 10.0 Å². The lowest BCUT2D eigenvalue weighted by molar-refractivity contribution is 0.0526. The molecule has 1 heterocycles. The Bertz CT molecular complexity index is 939. The van der Waals surface area contributed by atoms with Gasteiger partial charge in [0.2, 0.25) is 0 Å². The number of hydrogen-bond donors (Lipinski definition) is 1. The first kappa shape index (κ1) is 18.1. The van der Waals surface area contributed by atoms with Gasteiger partial charge < -0.3 is 14.2 Å². The zero-order chi connectivity index (χ0) is 18.7. The highest BCUT2D eigenvalue weighted by Crippen LogP contribution is 2.33. The molecule has 0 bridgehead atoms. The van der Waals surface area contributed by atoms with Crippen molar-refractivity contribution in [3.63, 3.8) is 0 Å². The summed E-state index contributed by atoms with van der Waals surface area (Å²) in [7, 11) is -3.86. The molecule has 0 amide bonds. The van der Waals surface area contributed by atoms with Crippen molar-refractivity contribution in [2.75, 3.05) is 24.5 Å². The molecule has 3 rings (SSSR count). The molecule has 0 aliphatic carbocycles. The SMILES string of the molecule is CCOC(=O)c1ccc(C)c(NS(=O)(=O)c2ccc3c(c2)OCCO3)c1. The molecule has 0 saturated heterocycles. The predicted octanol–water partition coefficient (Wildman–Crippen LogP) is 2.74. The van der Waals surface area contributed by atoms with E-state index in [1.165, 1.54) is 18.2 Å². The zero-order valence-electron chi connectivity index (χ0n) is 14.4. The Hall–Kier alpha value is -2.74.